The minimum Gasteiger partial charge on any atom is -0.473 e. The Bertz CT molecular complexity index is 2810. The molecule has 0 saturated heterocycles. The van der Waals surface area contributed by atoms with Crippen LogP contribution in [0.1, 0.15) is 341 Å². The lowest BCUT2D eigenvalue weighted by Crippen LogP contribution is -1.91. The fraction of sp³-hybridized carbons (Fsp3) is 0.484. The van der Waals surface area contributed by atoms with E-state index in [0.29, 0.717) is 77.9 Å². The van der Waals surface area contributed by atoms with E-state index < -0.39 is 0 Å². The van der Waals surface area contributed by atoms with Crippen molar-refractivity contribution in [2.24, 2.45) is 11.8 Å². The molecule has 0 bridgehead atoms. The van der Waals surface area contributed by atoms with Crippen LogP contribution < -0.4 is 0 Å². The van der Waals surface area contributed by atoms with Gasteiger partial charge in [-0.3, -0.25) is 15.0 Å². The molecule has 0 atom stereocenters. The molecule has 8 heterocycles. The summed E-state index contributed by atoms with van der Waals surface area (Å²) in [5.41, 5.74) is 9.66. The maximum Gasteiger partial charge on any atom is 0.131 e. The van der Waals surface area contributed by atoms with Gasteiger partial charge in [0.15, 0.2) is 0 Å². The number of halogens is 6. The fourth-order valence-electron chi connectivity index (χ4n) is 6.59. The van der Waals surface area contributed by atoms with Gasteiger partial charge in [0.1, 0.15) is 21.8 Å². The Morgan fingerprint density at radius 3 is 0.900 bits per heavy atom. The lowest BCUT2D eigenvalue weighted by molar-refractivity contribution is 0.567. The number of aromatic nitrogens is 7. The highest BCUT2D eigenvalue weighted by molar-refractivity contribution is 7.07. The first-order valence-electron chi connectivity index (χ1n) is 39.8. The van der Waals surface area contributed by atoms with Crippen LogP contribution in [-0.4, -0.2) is 34.9 Å². The van der Waals surface area contributed by atoms with Gasteiger partial charge in [0.2, 0.25) is 0 Å². The van der Waals surface area contributed by atoms with E-state index in [2.05, 4.69) is 222 Å². The minimum atomic E-state index is 0.367. The molecule has 10 aromatic rings. The van der Waals surface area contributed by atoms with E-state index in [-0.39, 0.29) is 0 Å². The van der Waals surface area contributed by atoms with Crippen LogP contribution in [0.5, 0.6) is 0 Å². The predicted molar refractivity (Wildman–Crippen MR) is 502 cm³/mol. The molecule has 0 radical (unpaired) electrons. The van der Waals surface area contributed by atoms with E-state index in [1.165, 1.54) is 27.8 Å². The van der Waals surface area contributed by atoms with Crippen LogP contribution >= 0.6 is 80.9 Å². The van der Waals surface area contributed by atoms with Gasteiger partial charge in [0, 0.05) is 69.8 Å². The van der Waals surface area contributed by atoms with Gasteiger partial charge in [-0.05, 0) is 188 Å². The molecule has 0 aliphatic rings. The number of nitrogens with zero attached hydrogens (tertiary/aromatic N) is 7. The molecular formula is C95H153Cl6N7OS. The summed E-state index contributed by atoms with van der Waals surface area (Å²) < 4.78 is 4.58. The monoisotopic (exact) mass is 1650 g/mol. The summed E-state index contributed by atoms with van der Waals surface area (Å²) in [6.45, 7) is 75.1. The number of thiophene rings is 1. The zero-order valence-electron chi connectivity index (χ0n) is 75.2. The quantitative estimate of drug-likeness (QED) is 0.139. The van der Waals surface area contributed by atoms with Crippen molar-refractivity contribution in [1.29, 1.82) is 0 Å². The number of hydrogen-bond donors (Lipinski definition) is 0. The van der Waals surface area contributed by atoms with Gasteiger partial charge in [-0.2, -0.15) is 11.3 Å². The summed E-state index contributed by atoms with van der Waals surface area (Å²) in [5.74, 6) is 5.90. The topological polar surface area (TPSA) is 103 Å². The first-order chi connectivity index (χ1) is 52.3. The largest absolute Gasteiger partial charge is 0.473 e. The maximum absolute atomic E-state index is 5.81. The van der Waals surface area contributed by atoms with Crippen LogP contribution in [0.3, 0.4) is 0 Å². The zero-order chi connectivity index (χ0) is 87.0. The Balaban J connectivity index is -0.000000144. The smallest absolute Gasteiger partial charge is 0.131 e. The Morgan fingerprint density at radius 1 is 0.273 bits per heavy atom. The molecule has 0 spiro atoms. The third-order valence-corrected chi connectivity index (χ3v) is 13.8. The third-order valence-electron chi connectivity index (χ3n) is 11.9. The van der Waals surface area contributed by atoms with Gasteiger partial charge < -0.3 is 4.42 Å². The fourth-order valence-corrected chi connectivity index (χ4v) is 8.55. The van der Waals surface area contributed by atoms with Gasteiger partial charge in [-0.1, -0.05) is 373 Å². The Kier molecular flexibility index (Phi) is 98.4. The molecular weight excluding hydrogens is 1500 g/mol. The van der Waals surface area contributed by atoms with Crippen molar-refractivity contribution in [3.63, 3.8) is 0 Å². The van der Waals surface area contributed by atoms with Gasteiger partial charge >= 0.3 is 0 Å². The maximum atomic E-state index is 5.81. The highest BCUT2D eigenvalue weighted by Crippen LogP contribution is 2.25. The Hall–Kier alpha value is -6.01. The lowest BCUT2D eigenvalue weighted by atomic mass is 10.0. The van der Waals surface area contributed by atoms with E-state index in [1.807, 2.05) is 242 Å². The molecule has 0 saturated carbocycles. The summed E-state index contributed by atoms with van der Waals surface area (Å²) in [4.78, 5) is 27.9. The van der Waals surface area contributed by atoms with Crippen LogP contribution in [0.25, 0.3) is 0 Å². The van der Waals surface area contributed by atoms with Crippen LogP contribution in [0, 0.1) is 11.8 Å². The highest BCUT2D eigenvalue weighted by Gasteiger charge is 2.05. The number of benzene rings is 2. The molecule has 8 nitrogen and oxygen atoms in total. The van der Waals surface area contributed by atoms with Gasteiger partial charge in [0.25, 0.3) is 0 Å². The average Bonchev–Trinajstić information content (AvgIpc) is 1.13. The van der Waals surface area contributed by atoms with Crippen LogP contribution in [0.4, 0.5) is 0 Å². The molecule has 0 amide bonds. The predicted octanol–water partition coefficient (Wildman–Crippen LogP) is 35.7. The average molecular weight is 1650 g/mol. The second kappa shape index (κ2) is 88.6. The highest BCUT2D eigenvalue weighted by atomic mass is 35.5. The number of hydrogen-bond acceptors (Lipinski definition) is 9. The summed E-state index contributed by atoms with van der Waals surface area (Å²) >= 11 is 36.2. The second-order valence-corrected chi connectivity index (χ2v) is 28.8. The summed E-state index contributed by atoms with van der Waals surface area (Å²) in [5, 5.41) is 7.53. The lowest BCUT2D eigenvalue weighted by Gasteiger charge is -2.05. The molecule has 8 aromatic heterocycles. The van der Waals surface area contributed by atoms with Gasteiger partial charge in [-0.25, -0.2) is 19.9 Å². The van der Waals surface area contributed by atoms with Crippen molar-refractivity contribution in [1.82, 2.24) is 34.9 Å². The van der Waals surface area contributed by atoms with Crippen molar-refractivity contribution in [3.05, 3.63) is 288 Å². The zero-order valence-corrected chi connectivity index (χ0v) is 80.5. The number of pyridine rings is 5. The van der Waals surface area contributed by atoms with Crippen molar-refractivity contribution < 1.29 is 4.42 Å². The molecule has 2 aromatic carbocycles. The van der Waals surface area contributed by atoms with E-state index in [0.717, 1.165) is 28.8 Å². The second-order valence-electron chi connectivity index (χ2n) is 25.5. The summed E-state index contributed by atoms with van der Waals surface area (Å²) in [6, 6.07) is 45.1. The van der Waals surface area contributed by atoms with E-state index in [4.69, 9.17) is 69.6 Å². The van der Waals surface area contributed by atoms with Crippen LogP contribution in [0.15, 0.2) is 217 Å². The Morgan fingerprint density at radius 2 is 0.627 bits per heavy atom. The molecule has 110 heavy (non-hydrogen) atoms. The Labute approximate surface area is 711 Å². The SMILES string of the molecule is CC.CC.CC.CC.CC.CC.CC.CC(C)C.CC(C)C.CC(C)c1cc(Cl)cc(Cl)c1.CC(C)c1cc(Cl)cc(Cl)n1.CC(C)c1cc(Cl)nc(Cl)c1.CC(C)c1ccccc1.CC(C)c1ccccn1.CC(C)c1cccnc1.CC(C)c1ccncc1.CC(C)c1cncnc1.c1ccoc1.c1ccsc1. The van der Waals surface area contributed by atoms with E-state index >= 15 is 0 Å². The first kappa shape index (κ1) is 122. The molecule has 0 N–H and O–H groups in total. The van der Waals surface area contributed by atoms with Crippen molar-refractivity contribution in [2.45, 2.75) is 297 Å². The first-order valence-corrected chi connectivity index (χ1v) is 43.0. The van der Waals surface area contributed by atoms with Crippen LogP contribution in [-0.2, 0) is 0 Å². The summed E-state index contributed by atoms with van der Waals surface area (Å²) in [6.07, 6.45) is 17.7. The molecule has 15 heteroatoms. The number of rotatable bonds is 8. The van der Waals surface area contributed by atoms with Gasteiger partial charge in [0.05, 0.1) is 12.5 Å². The molecule has 622 valence electrons. The van der Waals surface area contributed by atoms with Crippen LogP contribution in [0.2, 0.25) is 30.5 Å². The molecule has 0 fully saturated rings. The number of furan rings is 1. The van der Waals surface area contributed by atoms with E-state index in [1.54, 1.807) is 48.5 Å². The van der Waals surface area contributed by atoms with Crippen molar-refractivity contribution >= 4 is 80.9 Å². The van der Waals surface area contributed by atoms with E-state index in [9.17, 15) is 0 Å². The summed E-state index contributed by atoms with van der Waals surface area (Å²) in [7, 11) is 0. The van der Waals surface area contributed by atoms with Crippen molar-refractivity contribution in [2.75, 3.05) is 0 Å². The molecule has 0 aliphatic carbocycles. The molecule has 10 rings (SSSR count). The standard InChI is InChI=1S/C9H10Cl2.C9H12.2C8H9Cl2N.3C8H11N.C7H10N2.C4H4O.C4H4S.2C4H10.7C2H6/c1-6(2)7-3-8(10)5-9(11)4-7;1-8(2)9-6-4-3-5-7-9;1-5(2)7-3-6(9)4-8(10)11-7;1-5(2)6-3-7(9)11-8(10)4-6;1-7(2)8-3-5-9-6-4-8;1-7(2)8-4-3-5-9-6-8;1-7(2)8-5-3-4-6-9-8;1-6(2)7-3-8-5-9-4-7;2*1-2-4-5-3-1;2*1-4(2)3;7*1-2/h3-6H,1-2H3;3-8H,1-2H3;2*3-5H,1-2H3;3*3-7H,1-2H3;3-6H,1-2H3;2*1-4H;2*4H,1-3H3;7*1-2H3. The third kappa shape index (κ3) is 82.9. The molecule has 0 unspecified atom stereocenters. The van der Waals surface area contributed by atoms with Gasteiger partial charge in [-0.15, -0.1) is 0 Å². The molecule has 0 aliphatic heterocycles. The normalized spacial score (nSPS) is 9.09. The van der Waals surface area contributed by atoms with Crippen molar-refractivity contribution in [3.8, 4) is 0 Å². The minimum absolute atomic E-state index is 0.367.